The van der Waals surface area contributed by atoms with Crippen LogP contribution in [-0.4, -0.2) is 40.3 Å². The molecule has 0 aromatic rings. The van der Waals surface area contributed by atoms with E-state index in [0.717, 1.165) is 12.8 Å². The molecule has 0 amide bonds. The largest absolute Gasteiger partial charge is 0.392 e. The van der Waals surface area contributed by atoms with Gasteiger partial charge in [0.25, 0.3) is 0 Å². The van der Waals surface area contributed by atoms with Gasteiger partial charge in [0.15, 0.2) is 0 Å². The van der Waals surface area contributed by atoms with E-state index >= 15 is 0 Å². The molecule has 0 aromatic carbocycles. The van der Waals surface area contributed by atoms with Gasteiger partial charge in [-0.05, 0) is 39.5 Å². The summed E-state index contributed by atoms with van der Waals surface area (Å²) in [7, 11) is 0. The van der Waals surface area contributed by atoms with E-state index in [4.69, 9.17) is 5.73 Å². The van der Waals surface area contributed by atoms with Crippen LogP contribution in [0.25, 0.3) is 0 Å². The van der Waals surface area contributed by atoms with Crippen molar-refractivity contribution in [1.82, 2.24) is 4.90 Å². The molecular weight excluding hydrogens is 176 g/mol. The van der Waals surface area contributed by atoms with Gasteiger partial charge in [-0.2, -0.15) is 0 Å². The number of hydrogen-bond donors (Lipinski definition) is 2. The lowest BCUT2D eigenvalue weighted by Gasteiger charge is -2.42. The standard InChI is InChI=1S/C11H22N2O/c1-7(8(2)14)13-10-3-4-11(13)6-9(12)5-10/h7-11,14H,3-6,12H2,1-2H3. The van der Waals surface area contributed by atoms with Crippen molar-refractivity contribution >= 4 is 0 Å². The number of fused-ring (bicyclic) bond motifs is 2. The highest BCUT2D eigenvalue weighted by atomic mass is 16.3. The second kappa shape index (κ2) is 3.80. The molecule has 2 aliphatic rings. The lowest BCUT2D eigenvalue weighted by atomic mass is 9.95. The van der Waals surface area contributed by atoms with Crippen molar-refractivity contribution in [2.45, 2.75) is 69.8 Å². The second-order valence-corrected chi connectivity index (χ2v) is 5.04. The summed E-state index contributed by atoms with van der Waals surface area (Å²) in [6, 6.07) is 1.95. The van der Waals surface area contributed by atoms with Gasteiger partial charge >= 0.3 is 0 Å². The zero-order valence-corrected chi connectivity index (χ0v) is 9.19. The number of rotatable bonds is 2. The van der Waals surface area contributed by atoms with E-state index < -0.39 is 0 Å². The molecule has 2 fully saturated rings. The number of aliphatic hydroxyl groups excluding tert-OH is 1. The predicted molar refractivity (Wildman–Crippen MR) is 57.0 cm³/mol. The van der Waals surface area contributed by atoms with E-state index in [2.05, 4.69) is 11.8 Å². The summed E-state index contributed by atoms with van der Waals surface area (Å²) < 4.78 is 0. The Morgan fingerprint density at radius 3 is 2.14 bits per heavy atom. The molecule has 0 saturated carbocycles. The van der Waals surface area contributed by atoms with Gasteiger partial charge in [-0.3, -0.25) is 4.90 Å². The fraction of sp³-hybridized carbons (Fsp3) is 1.00. The summed E-state index contributed by atoms with van der Waals surface area (Å²) in [5.74, 6) is 0. The van der Waals surface area contributed by atoms with Crippen LogP contribution in [-0.2, 0) is 0 Å². The SMILES string of the molecule is CC(O)C(C)N1C2CCC1CC(N)C2. The molecule has 0 radical (unpaired) electrons. The Hall–Kier alpha value is -0.120. The molecule has 14 heavy (non-hydrogen) atoms. The number of hydrogen-bond acceptors (Lipinski definition) is 3. The van der Waals surface area contributed by atoms with E-state index in [1.807, 2.05) is 6.92 Å². The Morgan fingerprint density at radius 1 is 1.21 bits per heavy atom. The highest BCUT2D eigenvalue weighted by molar-refractivity contribution is 4.99. The highest BCUT2D eigenvalue weighted by Crippen LogP contribution is 2.37. The highest BCUT2D eigenvalue weighted by Gasteiger charge is 2.42. The van der Waals surface area contributed by atoms with E-state index in [0.29, 0.717) is 24.2 Å². The number of nitrogens with zero attached hydrogens (tertiary/aromatic N) is 1. The summed E-state index contributed by atoms with van der Waals surface area (Å²) in [6.45, 7) is 4.02. The maximum atomic E-state index is 9.63. The molecule has 3 nitrogen and oxygen atoms in total. The Labute approximate surface area is 86.3 Å². The van der Waals surface area contributed by atoms with Crippen molar-refractivity contribution in [1.29, 1.82) is 0 Å². The van der Waals surface area contributed by atoms with Crippen LogP contribution >= 0.6 is 0 Å². The Morgan fingerprint density at radius 2 is 1.71 bits per heavy atom. The summed E-state index contributed by atoms with van der Waals surface area (Å²) in [5.41, 5.74) is 6.00. The van der Waals surface area contributed by atoms with Crippen LogP contribution in [0.5, 0.6) is 0 Å². The quantitative estimate of drug-likeness (QED) is 0.687. The zero-order chi connectivity index (χ0) is 10.3. The first-order valence-electron chi connectivity index (χ1n) is 5.80. The average molecular weight is 198 g/mol. The summed E-state index contributed by atoms with van der Waals surface area (Å²) in [5, 5.41) is 9.63. The molecule has 4 atom stereocenters. The van der Waals surface area contributed by atoms with Crippen LogP contribution in [0, 0.1) is 0 Å². The van der Waals surface area contributed by atoms with Gasteiger partial charge in [-0.15, -0.1) is 0 Å². The molecule has 2 rings (SSSR count). The topological polar surface area (TPSA) is 49.5 Å². The maximum Gasteiger partial charge on any atom is 0.0664 e. The molecular formula is C11H22N2O. The lowest BCUT2D eigenvalue weighted by Crippen LogP contribution is -2.53. The van der Waals surface area contributed by atoms with Crippen molar-refractivity contribution in [3.63, 3.8) is 0 Å². The van der Waals surface area contributed by atoms with Crippen molar-refractivity contribution in [2.75, 3.05) is 0 Å². The van der Waals surface area contributed by atoms with Gasteiger partial charge < -0.3 is 10.8 Å². The van der Waals surface area contributed by atoms with Gasteiger partial charge in [0.1, 0.15) is 0 Å². The van der Waals surface area contributed by atoms with E-state index in [1.165, 1.54) is 12.8 Å². The zero-order valence-electron chi connectivity index (χ0n) is 9.19. The van der Waals surface area contributed by atoms with E-state index in [-0.39, 0.29) is 6.10 Å². The average Bonchev–Trinajstić information content (AvgIpc) is 2.37. The molecule has 0 aromatic heterocycles. The fourth-order valence-corrected chi connectivity index (χ4v) is 3.17. The van der Waals surface area contributed by atoms with Gasteiger partial charge in [0.05, 0.1) is 6.10 Å². The van der Waals surface area contributed by atoms with E-state index in [1.54, 1.807) is 0 Å². The van der Waals surface area contributed by atoms with Crippen LogP contribution < -0.4 is 5.73 Å². The van der Waals surface area contributed by atoms with Crippen LogP contribution in [0.3, 0.4) is 0 Å². The smallest absolute Gasteiger partial charge is 0.0664 e. The molecule has 2 heterocycles. The molecule has 4 unspecified atom stereocenters. The lowest BCUT2D eigenvalue weighted by molar-refractivity contribution is 0.0150. The molecule has 82 valence electrons. The fourth-order valence-electron chi connectivity index (χ4n) is 3.17. The minimum Gasteiger partial charge on any atom is -0.392 e. The minimum absolute atomic E-state index is 0.229. The third kappa shape index (κ3) is 1.69. The Kier molecular flexibility index (Phi) is 2.82. The number of nitrogens with two attached hydrogens (primary N) is 1. The summed E-state index contributed by atoms with van der Waals surface area (Å²) >= 11 is 0. The number of aliphatic hydroxyl groups is 1. The van der Waals surface area contributed by atoms with Crippen LogP contribution in [0.1, 0.15) is 39.5 Å². The molecule has 0 aliphatic carbocycles. The third-order valence-corrected chi connectivity index (χ3v) is 3.99. The molecule has 3 heteroatoms. The molecule has 2 saturated heterocycles. The second-order valence-electron chi connectivity index (χ2n) is 5.04. The van der Waals surface area contributed by atoms with Crippen molar-refractivity contribution in [2.24, 2.45) is 5.73 Å². The molecule has 2 aliphatic heterocycles. The van der Waals surface area contributed by atoms with Crippen molar-refractivity contribution in [3.8, 4) is 0 Å². The third-order valence-electron chi connectivity index (χ3n) is 3.99. The van der Waals surface area contributed by atoms with Crippen molar-refractivity contribution in [3.05, 3.63) is 0 Å². The molecule has 3 N–H and O–H groups in total. The van der Waals surface area contributed by atoms with Crippen LogP contribution in [0.15, 0.2) is 0 Å². The summed E-state index contributed by atoms with van der Waals surface area (Å²) in [4.78, 5) is 2.51. The molecule has 2 bridgehead atoms. The monoisotopic (exact) mass is 198 g/mol. The van der Waals surface area contributed by atoms with Crippen LogP contribution in [0.2, 0.25) is 0 Å². The number of piperidine rings is 1. The first-order chi connectivity index (χ1) is 6.59. The van der Waals surface area contributed by atoms with Crippen molar-refractivity contribution < 1.29 is 5.11 Å². The normalized spacial score (nSPS) is 42.4. The Balaban J connectivity index is 2.07. The minimum atomic E-state index is -0.229. The van der Waals surface area contributed by atoms with Gasteiger partial charge in [0.2, 0.25) is 0 Å². The first-order valence-corrected chi connectivity index (χ1v) is 5.80. The predicted octanol–water partition coefficient (Wildman–Crippen LogP) is 0.710. The van der Waals surface area contributed by atoms with Gasteiger partial charge in [-0.25, -0.2) is 0 Å². The Bertz CT molecular complexity index is 193. The molecule has 0 spiro atoms. The maximum absolute atomic E-state index is 9.63. The summed E-state index contributed by atoms with van der Waals surface area (Å²) in [6.07, 6.45) is 4.55. The van der Waals surface area contributed by atoms with E-state index in [9.17, 15) is 5.11 Å². The van der Waals surface area contributed by atoms with Crippen LogP contribution in [0.4, 0.5) is 0 Å². The van der Waals surface area contributed by atoms with Gasteiger partial charge in [-0.1, -0.05) is 0 Å². The first kappa shape index (κ1) is 10.4. The van der Waals surface area contributed by atoms with Gasteiger partial charge in [0, 0.05) is 24.2 Å².